The van der Waals surface area contributed by atoms with Crippen LogP contribution in [0.15, 0.2) is 59.5 Å². The van der Waals surface area contributed by atoms with Crippen LogP contribution in [0.3, 0.4) is 0 Å². The summed E-state index contributed by atoms with van der Waals surface area (Å²) in [4.78, 5) is 12.3. The molecule has 2 saturated carbocycles. The maximum Gasteiger partial charge on any atom is 0.248 e. The van der Waals surface area contributed by atoms with Crippen LogP contribution < -0.4 is 10.0 Å². The number of hydrogen-bond acceptors (Lipinski definition) is 3. The molecule has 2 aromatic carbocycles. The van der Waals surface area contributed by atoms with Crippen molar-refractivity contribution in [2.24, 2.45) is 17.8 Å². The SMILES string of the molecule is CC(NS(=O)(=O)c1ccc(NC(=O)/C=C/c2cccc(Cl)c2)cc1)C1CC2CCC1C2. The molecule has 0 aliphatic heterocycles. The fraction of sp³-hybridized carbons (Fsp3) is 0.375. The van der Waals surface area contributed by atoms with Gasteiger partial charge in [0.25, 0.3) is 0 Å². The first kappa shape index (κ1) is 22.1. The van der Waals surface area contributed by atoms with Crippen LogP contribution in [0.2, 0.25) is 5.02 Å². The van der Waals surface area contributed by atoms with E-state index in [0.717, 1.165) is 17.9 Å². The van der Waals surface area contributed by atoms with Gasteiger partial charge >= 0.3 is 0 Å². The average Bonchev–Trinajstić information content (AvgIpc) is 3.36. The lowest BCUT2D eigenvalue weighted by molar-refractivity contribution is -0.111. The van der Waals surface area contributed by atoms with Gasteiger partial charge in [0, 0.05) is 22.8 Å². The van der Waals surface area contributed by atoms with Gasteiger partial charge in [-0.2, -0.15) is 0 Å². The molecule has 2 aliphatic rings. The molecule has 2 aliphatic carbocycles. The van der Waals surface area contributed by atoms with E-state index in [9.17, 15) is 13.2 Å². The second-order valence-electron chi connectivity index (χ2n) is 8.65. The molecule has 4 unspecified atom stereocenters. The molecule has 4 rings (SSSR count). The van der Waals surface area contributed by atoms with Gasteiger partial charge < -0.3 is 5.32 Å². The van der Waals surface area contributed by atoms with Gasteiger partial charge in [0.15, 0.2) is 0 Å². The van der Waals surface area contributed by atoms with Crippen LogP contribution >= 0.6 is 11.6 Å². The molecule has 164 valence electrons. The van der Waals surface area contributed by atoms with Crippen molar-refractivity contribution in [3.8, 4) is 0 Å². The van der Waals surface area contributed by atoms with Crippen molar-refractivity contribution in [3.63, 3.8) is 0 Å². The zero-order chi connectivity index (χ0) is 22.0. The van der Waals surface area contributed by atoms with Crippen LogP contribution in [-0.2, 0) is 14.8 Å². The molecule has 2 fully saturated rings. The maximum absolute atomic E-state index is 12.8. The van der Waals surface area contributed by atoms with Gasteiger partial charge in [0.05, 0.1) is 4.90 Å². The zero-order valence-electron chi connectivity index (χ0n) is 17.4. The maximum atomic E-state index is 12.8. The smallest absolute Gasteiger partial charge is 0.248 e. The number of nitrogens with one attached hydrogen (secondary N) is 2. The van der Waals surface area contributed by atoms with Crippen LogP contribution in [0.25, 0.3) is 6.08 Å². The molecular weight excluding hydrogens is 432 g/mol. The molecule has 2 aromatic rings. The molecule has 5 nitrogen and oxygen atoms in total. The first-order valence-corrected chi connectivity index (χ1v) is 12.5. The molecule has 2 N–H and O–H groups in total. The molecule has 1 amide bonds. The molecular formula is C24H27ClN2O3S. The Labute approximate surface area is 188 Å². The minimum atomic E-state index is -3.60. The number of anilines is 1. The van der Waals surface area contributed by atoms with Gasteiger partial charge in [-0.3, -0.25) is 4.79 Å². The standard InChI is InChI=1S/C24H27ClN2O3S/c1-16(23-15-18-5-7-19(23)13-18)27-31(29,30)22-10-8-21(9-11-22)26-24(28)12-6-17-3-2-4-20(25)14-17/h2-4,6,8-12,14,16,18-19,23,27H,5,7,13,15H2,1H3,(H,26,28)/b12-6+. The van der Waals surface area contributed by atoms with Crippen molar-refractivity contribution in [1.82, 2.24) is 4.72 Å². The molecule has 0 saturated heterocycles. The number of amides is 1. The Balaban J connectivity index is 1.35. The van der Waals surface area contributed by atoms with Crippen LogP contribution in [0.4, 0.5) is 5.69 Å². The van der Waals surface area contributed by atoms with Crippen molar-refractivity contribution in [2.75, 3.05) is 5.32 Å². The van der Waals surface area contributed by atoms with Crippen LogP contribution in [0.5, 0.6) is 0 Å². The highest BCUT2D eigenvalue weighted by Crippen LogP contribution is 2.49. The second kappa shape index (κ2) is 9.15. The second-order valence-corrected chi connectivity index (χ2v) is 10.8. The van der Waals surface area contributed by atoms with Crippen molar-refractivity contribution in [2.45, 2.75) is 43.5 Å². The topological polar surface area (TPSA) is 75.3 Å². The van der Waals surface area contributed by atoms with Crippen LogP contribution in [-0.4, -0.2) is 20.4 Å². The predicted octanol–water partition coefficient (Wildman–Crippen LogP) is 5.09. The van der Waals surface area contributed by atoms with E-state index in [1.165, 1.54) is 37.5 Å². The number of halogens is 1. The molecule has 2 bridgehead atoms. The third-order valence-electron chi connectivity index (χ3n) is 6.48. The van der Waals surface area contributed by atoms with Crippen LogP contribution in [0.1, 0.15) is 38.2 Å². The first-order chi connectivity index (χ1) is 14.8. The van der Waals surface area contributed by atoms with Gasteiger partial charge in [0.1, 0.15) is 0 Å². The number of carbonyl (C=O) groups is 1. The summed E-state index contributed by atoms with van der Waals surface area (Å²) in [6.07, 6.45) is 7.97. The Hall–Kier alpha value is -2.15. The van der Waals surface area contributed by atoms with Crippen molar-refractivity contribution in [1.29, 1.82) is 0 Å². The summed E-state index contributed by atoms with van der Waals surface area (Å²) in [5.41, 5.74) is 1.35. The summed E-state index contributed by atoms with van der Waals surface area (Å²) in [7, 11) is -3.60. The van der Waals surface area contributed by atoms with E-state index < -0.39 is 10.0 Å². The van der Waals surface area contributed by atoms with Crippen molar-refractivity contribution < 1.29 is 13.2 Å². The Morgan fingerprint density at radius 3 is 2.55 bits per heavy atom. The van der Waals surface area contributed by atoms with E-state index in [4.69, 9.17) is 11.6 Å². The third-order valence-corrected chi connectivity index (χ3v) is 8.29. The highest BCUT2D eigenvalue weighted by atomic mass is 35.5. The summed E-state index contributed by atoms with van der Waals surface area (Å²) in [6.45, 7) is 1.98. The minimum Gasteiger partial charge on any atom is -0.323 e. The van der Waals surface area contributed by atoms with Gasteiger partial charge in [-0.15, -0.1) is 0 Å². The van der Waals surface area contributed by atoms with Crippen molar-refractivity contribution >= 4 is 39.3 Å². The number of sulfonamides is 1. The minimum absolute atomic E-state index is 0.0729. The number of carbonyl (C=O) groups excluding carboxylic acids is 1. The highest BCUT2D eigenvalue weighted by molar-refractivity contribution is 7.89. The molecule has 0 radical (unpaired) electrons. The van der Waals surface area contributed by atoms with E-state index in [1.54, 1.807) is 30.3 Å². The lowest BCUT2D eigenvalue weighted by Gasteiger charge is -2.28. The number of fused-ring (bicyclic) bond motifs is 2. The molecule has 0 spiro atoms. The Morgan fingerprint density at radius 2 is 1.90 bits per heavy atom. The third kappa shape index (κ3) is 5.37. The lowest BCUT2D eigenvalue weighted by Crippen LogP contribution is -2.40. The molecule has 0 heterocycles. The molecule has 7 heteroatoms. The molecule has 31 heavy (non-hydrogen) atoms. The summed E-state index contributed by atoms with van der Waals surface area (Å²) in [6, 6.07) is 13.3. The van der Waals surface area contributed by atoms with E-state index in [1.807, 2.05) is 19.1 Å². The Kier molecular flexibility index (Phi) is 6.51. The predicted molar refractivity (Wildman–Crippen MR) is 124 cm³/mol. The number of hydrogen-bond donors (Lipinski definition) is 2. The lowest BCUT2D eigenvalue weighted by atomic mass is 9.84. The average molecular weight is 459 g/mol. The Bertz CT molecular complexity index is 1080. The zero-order valence-corrected chi connectivity index (χ0v) is 19.0. The van der Waals surface area contributed by atoms with E-state index in [2.05, 4.69) is 10.0 Å². The Morgan fingerprint density at radius 1 is 1.13 bits per heavy atom. The summed E-state index contributed by atoms with van der Waals surface area (Å²) in [5, 5.41) is 3.34. The summed E-state index contributed by atoms with van der Waals surface area (Å²) in [5.74, 6) is 1.55. The van der Waals surface area contributed by atoms with E-state index in [-0.39, 0.29) is 16.8 Å². The van der Waals surface area contributed by atoms with Gasteiger partial charge in [-0.25, -0.2) is 13.1 Å². The molecule has 4 atom stereocenters. The van der Waals surface area contributed by atoms with Gasteiger partial charge in [0.2, 0.25) is 15.9 Å². The number of benzene rings is 2. The van der Waals surface area contributed by atoms with Gasteiger partial charge in [-0.05, 0) is 92.0 Å². The van der Waals surface area contributed by atoms with Gasteiger partial charge in [-0.1, -0.05) is 30.2 Å². The fourth-order valence-electron chi connectivity index (χ4n) is 4.99. The quantitative estimate of drug-likeness (QED) is 0.567. The summed E-state index contributed by atoms with van der Waals surface area (Å²) >= 11 is 5.94. The van der Waals surface area contributed by atoms with Crippen molar-refractivity contribution in [3.05, 3.63) is 65.2 Å². The fourth-order valence-corrected chi connectivity index (χ4v) is 6.48. The van der Waals surface area contributed by atoms with E-state index in [0.29, 0.717) is 22.5 Å². The van der Waals surface area contributed by atoms with E-state index >= 15 is 0 Å². The monoisotopic (exact) mass is 458 g/mol. The summed E-state index contributed by atoms with van der Waals surface area (Å²) < 4.78 is 28.5. The largest absolute Gasteiger partial charge is 0.323 e. The molecule has 0 aromatic heterocycles. The van der Waals surface area contributed by atoms with Crippen LogP contribution in [0, 0.1) is 17.8 Å². The number of rotatable bonds is 7. The highest BCUT2D eigenvalue weighted by Gasteiger charge is 2.42. The normalized spacial score (nSPS) is 23.9. The first-order valence-electron chi connectivity index (χ1n) is 10.7.